The van der Waals surface area contributed by atoms with Crippen molar-refractivity contribution in [2.75, 3.05) is 18.4 Å². The fourth-order valence-corrected chi connectivity index (χ4v) is 3.33. The fourth-order valence-electron chi connectivity index (χ4n) is 3.33. The van der Waals surface area contributed by atoms with Crippen molar-refractivity contribution in [3.63, 3.8) is 0 Å². The molecule has 0 aliphatic carbocycles. The smallest absolute Gasteiger partial charge is 0.410 e. The number of pyridine rings is 1. The molecule has 1 fully saturated rings. The van der Waals surface area contributed by atoms with Crippen LogP contribution in [0.2, 0.25) is 0 Å². The third-order valence-corrected chi connectivity index (χ3v) is 4.86. The summed E-state index contributed by atoms with van der Waals surface area (Å²) in [6, 6.07) is 5.52. The topological polar surface area (TPSA) is 110 Å². The number of nitrogens with zero attached hydrogens (tertiary/aromatic N) is 4. The molecule has 1 aromatic carbocycles. The van der Waals surface area contributed by atoms with E-state index in [-0.39, 0.29) is 29.0 Å². The van der Waals surface area contributed by atoms with E-state index >= 15 is 0 Å². The maximum absolute atomic E-state index is 14.2. The molecule has 33 heavy (non-hydrogen) atoms. The molecular weight excluding hydrogens is 436 g/mol. The average Bonchev–Trinajstić information content (AvgIpc) is 3.22. The van der Waals surface area contributed by atoms with Crippen molar-refractivity contribution < 1.29 is 28.2 Å². The molecule has 1 amide bonds. The van der Waals surface area contributed by atoms with Crippen LogP contribution in [0.4, 0.5) is 25.1 Å². The molecular formula is C22H23F2N5O4. The van der Waals surface area contributed by atoms with Crippen LogP contribution < -0.4 is 10.1 Å². The Morgan fingerprint density at radius 2 is 1.97 bits per heavy atom. The molecule has 0 saturated carbocycles. The Bertz CT molecular complexity index is 1200. The number of phenols is 1. The SMILES string of the molecule is CC(C)(C)OC(=O)N1CC[C@H](Oc2ccc3ncnc(Nc4ccc(O)c(F)c4F)c3n2)C1. The second-order valence-electron chi connectivity index (χ2n) is 8.58. The first kappa shape index (κ1) is 22.4. The zero-order valence-electron chi connectivity index (χ0n) is 18.3. The van der Waals surface area contributed by atoms with Crippen LogP contribution >= 0.6 is 0 Å². The van der Waals surface area contributed by atoms with Crippen LogP contribution in [0.3, 0.4) is 0 Å². The van der Waals surface area contributed by atoms with Gasteiger partial charge in [0.2, 0.25) is 11.7 Å². The largest absolute Gasteiger partial charge is 0.505 e. The van der Waals surface area contributed by atoms with Crippen LogP contribution in [-0.2, 0) is 4.74 Å². The van der Waals surface area contributed by atoms with E-state index in [0.717, 1.165) is 6.07 Å². The van der Waals surface area contributed by atoms with Gasteiger partial charge in [-0.1, -0.05) is 0 Å². The summed E-state index contributed by atoms with van der Waals surface area (Å²) in [5.41, 5.74) is -0.0624. The van der Waals surface area contributed by atoms with Gasteiger partial charge in [-0.2, -0.15) is 4.39 Å². The monoisotopic (exact) mass is 459 g/mol. The highest BCUT2D eigenvalue weighted by Crippen LogP contribution is 2.29. The number of phenolic OH excluding ortho intramolecular Hbond substituents is 1. The number of anilines is 2. The number of hydrogen-bond acceptors (Lipinski definition) is 8. The van der Waals surface area contributed by atoms with E-state index in [9.17, 15) is 18.7 Å². The van der Waals surface area contributed by atoms with Crippen LogP contribution in [0.5, 0.6) is 11.6 Å². The van der Waals surface area contributed by atoms with Gasteiger partial charge in [0, 0.05) is 19.0 Å². The summed E-state index contributed by atoms with van der Waals surface area (Å²) in [6.45, 7) is 6.26. The molecule has 4 rings (SSSR count). The molecule has 2 N–H and O–H groups in total. The molecule has 2 aromatic heterocycles. The van der Waals surface area contributed by atoms with E-state index in [1.807, 2.05) is 0 Å². The molecule has 0 radical (unpaired) electrons. The number of benzene rings is 1. The van der Waals surface area contributed by atoms with E-state index in [1.54, 1.807) is 37.8 Å². The molecule has 1 aliphatic heterocycles. The molecule has 11 heteroatoms. The van der Waals surface area contributed by atoms with Gasteiger partial charge in [0.05, 0.1) is 17.7 Å². The van der Waals surface area contributed by atoms with E-state index in [1.165, 1.54) is 12.4 Å². The lowest BCUT2D eigenvalue weighted by molar-refractivity contribution is 0.0275. The lowest BCUT2D eigenvalue weighted by Gasteiger charge is -2.24. The first-order valence-electron chi connectivity index (χ1n) is 10.3. The lowest BCUT2D eigenvalue weighted by Crippen LogP contribution is -2.36. The Balaban J connectivity index is 1.52. The molecule has 3 heterocycles. The summed E-state index contributed by atoms with van der Waals surface area (Å²) in [7, 11) is 0. The zero-order valence-corrected chi connectivity index (χ0v) is 18.3. The molecule has 1 saturated heterocycles. The summed E-state index contributed by atoms with van der Waals surface area (Å²) < 4.78 is 39.2. The number of ether oxygens (including phenoxy) is 2. The predicted molar refractivity (Wildman–Crippen MR) is 115 cm³/mol. The maximum Gasteiger partial charge on any atom is 0.410 e. The van der Waals surface area contributed by atoms with Gasteiger partial charge >= 0.3 is 6.09 Å². The lowest BCUT2D eigenvalue weighted by atomic mass is 10.2. The Morgan fingerprint density at radius 1 is 1.18 bits per heavy atom. The Hall–Kier alpha value is -3.76. The predicted octanol–water partition coefficient (Wildman–Crippen LogP) is 4.14. The normalized spacial score (nSPS) is 16.2. The number of halogens is 2. The van der Waals surface area contributed by atoms with Crippen molar-refractivity contribution in [3.8, 4) is 11.6 Å². The van der Waals surface area contributed by atoms with Gasteiger partial charge in [0.25, 0.3) is 0 Å². The molecule has 0 unspecified atom stereocenters. The molecule has 0 bridgehead atoms. The summed E-state index contributed by atoms with van der Waals surface area (Å²) in [5, 5.41) is 12.0. The number of aromatic nitrogens is 3. The average molecular weight is 459 g/mol. The molecule has 3 aromatic rings. The van der Waals surface area contributed by atoms with Crippen LogP contribution in [0.1, 0.15) is 27.2 Å². The number of fused-ring (bicyclic) bond motifs is 1. The van der Waals surface area contributed by atoms with E-state index < -0.39 is 29.1 Å². The Labute approximate surface area is 188 Å². The van der Waals surface area contributed by atoms with Crippen molar-refractivity contribution >= 4 is 28.6 Å². The van der Waals surface area contributed by atoms with Gasteiger partial charge in [-0.3, -0.25) is 0 Å². The van der Waals surface area contributed by atoms with Crippen molar-refractivity contribution in [1.29, 1.82) is 0 Å². The number of carbonyl (C=O) groups excluding carboxylic acids is 1. The first-order chi connectivity index (χ1) is 15.6. The van der Waals surface area contributed by atoms with Gasteiger partial charge in [0.1, 0.15) is 23.5 Å². The second kappa shape index (κ2) is 8.64. The number of amides is 1. The first-order valence-corrected chi connectivity index (χ1v) is 10.3. The highest BCUT2D eigenvalue weighted by Gasteiger charge is 2.31. The van der Waals surface area contributed by atoms with E-state index in [4.69, 9.17) is 9.47 Å². The molecule has 0 spiro atoms. The van der Waals surface area contributed by atoms with E-state index in [0.29, 0.717) is 25.0 Å². The highest BCUT2D eigenvalue weighted by atomic mass is 19.2. The van der Waals surface area contributed by atoms with Crippen molar-refractivity contribution in [2.24, 2.45) is 0 Å². The minimum atomic E-state index is -1.37. The number of rotatable bonds is 4. The molecule has 1 atom stereocenters. The molecule has 1 aliphatic rings. The van der Waals surface area contributed by atoms with Gasteiger partial charge in [0.15, 0.2) is 17.4 Å². The van der Waals surface area contributed by atoms with Crippen molar-refractivity contribution in [1.82, 2.24) is 19.9 Å². The van der Waals surface area contributed by atoms with Gasteiger partial charge in [-0.15, -0.1) is 0 Å². The number of aromatic hydroxyl groups is 1. The number of likely N-dealkylation sites (tertiary alicyclic amines) is 1. The number of hydrogen-bond donors (Lipinski definition) is 2. The fraction of sp³-hybridized carbons (Fsp3) is 0.364. The number of carbonyl (C=O) groups is 1. The molecule has 174 valence electrons. The summed E-state index contributed by atoms with van der Waals surface area (Å²) in [6.07, 6.45) is 1.18. The van der Waals surface area contributed by atoms with Gasteiger partial charge < -0.3 is 24.8 Å². The summed E-state index contributed by atoms with van der Waals surface area (Å²) >= 11 is 0. The van der Waals surface area contributed by atoms with Crippen molar-refractivity contribution in [2.45, 2.75) is 38.9 Å². The number of nitrogens with one attached hydrogen (secondary N) is 1. The van der Waals surface area contributed by atoms with E-state index in [2.05, 4.69) is 20.3 Å². The highest BCUT2D eigenvalue weighted by molar-refractivity contribution is 5.87. The van der Waals surface area contributed by atoms with Crippen LogP contribution in [0.25, 0.3) is 11.0 Å². The van der Waals surface area contributed by atoms with Crippen LogP contribution in [-0.4, -0.2) is 55.8 Å². The quantitative estimate of drug-likeness (QED) is 0.561. The minimum absolute atomic E-state index is 0.135. The zero-order chi connectivity index (χ0) is 23.8. The Kier molecular flexibility index (Phi) is 5.88. The second-order valence-corrected chi connectivity index (χ2v) is 8.58. The maximum atomic E-state index is 14.2. The van der Waals surface area contributed by atoms with Crippen LogP contribution in [0.15, 0.2) is 30.6 Å². The third kappa shape index (κ3) is 5.02. The van der Waals surface area contributed by atoms with Gasteiger partial charge in [-0.05, 0) is 39.0 Å². The summed E-state index contributed by atoms with van der Waals surface area (Å²) in [4.78, 5) is 26.5. The third-order valence-electron chi connectivity index (χ3n) is 4.86. The molecule has 9 nitrogen and oxygen atoms in total. The summed E-state index contributed by atoms with van der Waals surface area (Å²) in [5.74, 6) is -3.00. The Morgan fingerprint density at radius 3 is 2.73 bits per heavy atom. The van der Waals surface area contributed by atoms with Gasteiger partial charge in [-0.25, -0.2) is 24.1 Å². The van der Waals surface area contributed by atoms with Crippen molar-refractivity contribution in [3.05, 3.63) is 42.2 Å². The van der Waals surface area contributed by atoms with Crippen LogP contribution in [0, 0.1) is 11.6 Å². The standard InChI is InChI=1S/C22H23F2N5O4/c1-22(2,3)33-21(31)29-9-8-12(10-29)32-16-7-5-14-19(28-16)20(26-11-25-14)27-13-4-6-15(30)18(24)17(13)23/h4-7,11-12,30H,8-10H2,1-3H3,(H,25,26,27)/t12-/m0/s1. The minimum Gasteiger partial charge on any atom is -0.505 e.